The van der Waals surface area contributed by atoms with E-state index in [1.807, 2.05) is 47.4 Å². The number of methoxy groups -OCH3 is 1. The Hall–Kier alpha value is -3.44. The number of ether oxygens (including phenoxy) is 1. The highest BCUT2D eigenvalue weighted by molar-refractivity contribution is 5.83. The molecular weight excluding hydrogens is 451 g/mol. The van der Waals surface area contributed by atoms with E-state index in [1.54, 1.807) is 19.2 Å². The molecular formula is C31H35FN2O2. The van der Waals surface area contributed by atoms with Gasteiger partial charge in [0.25, 0.3) is 0 Å². The predicted octanol–water partition coefficient (Wildman–Crippen LogP) is 6.04. The zero-order valence-electron chi connectivity index (χ0n) is 21.3. The van der Waals surface area contributed by atoms with Crippen LogP contribution >= 0.6 is 0 Å². The van der Waals surface area contributed by atoms with Crippen molar-refractivity contribution in [3.63, 3.8) is 0 Å². The summed E-state index contributed by atoms with van der Waals surface area (Å²) in [7, 11) is 1.65. The van der Waals surface area contributed by atoms with E-state index in [0.717, 1.165) is 29.0 Å². The maximum absolute atomic E-state index is 14.4. The molecule has 1 aliphatic heterocycles. The maximum atomic E-state index is 14.4. The zero-order chi connectivity index (χ0) is 25.5. The van der Waals surface area contributed by atoms with E-state index in [-0.39, 0.29) is 23.8 Å². The lowest BCUT2D eigenvalue weighted by molar-refractivity contribution is -0.139. The topological polar surface area (TPSA) is 32.8 Å². The maximum Gasteiger partial charge on any atom is 0.241 e. The first-order valence-corrected chi connectivity index (χ1v) is 12.6. The van der Waals surface area contributed by atoms with Crippen molar-refractivity contribution >= 4 is 5.91 Å². The molecule has 0 saturated carbocycles. The van der Waals surface area contributed by atoms with Crippen molar-refractivity contribution in [3.8, 4) is 5.75 Å². The lowest BCUT2D eigenvalue weighted by Crippen LogP contribution is -2.52. The molecule has 5 heteroatoms. The van der Waals surface area contributed by atoms with Crippen molar-refractivity contribution in [3.05, 3.63) is 114 Å². The highest BCUT2D eigenvalue weighted by Crippen LogP contribution is 2.30. The molecule has 0 N–H and O–H groups in total. The van der Waals surface area contributed by atoms with Gasteiger partial charge in [-0.15, -0.1) is 0 Å². The van der Waals surface area contributed by atoms with Crippen molar-refractivity contribution in [2.45, 2.75) is 38.9 Å². The normalized spacial score (nSPS) is 19.7. The van der Waals surface area contributed by atoms with Crippen LogP contribution in [0.3, 0.4) is 0 Å². The van der Waals surface area contributed by atoms with Gasteiger partial charge in [0, 0.05) is 19.6 Å². The van der Waals surface area contributed by atoms with Crippen LogP contribution in [0.15, 0.2) is 91.0 Å². The molecule has 1 amide bonds. The summed E-state index contributed by atoms with van der Waals surface area (Å²) in [4.78, 5) is 18.7. The fourth-order valence-electron chi connectivity index (χ4n) is 4.82. The van der Waals surface area contributed by atoms with E-state index in [2.05, 4.69) is 43.0 Å². The molecule has 0 fully saturated rings. The predicted molar refractivity (Wildman–Crippen MR) is 142 cm³/mol. The average molecular weight is 487 g/mol. The molecule has 3 aromatic carbocycles. The molecule has 36 heavy (non-hydrogen) atoms. The zero-order valence-corrected chi connectivity index (χ0v) is 21.3. The van der Waals surface area contributed by atoms with Gasteiger partial charge >= 0.3 is 0 Å². The summed E-state index contributed by atoms with van der Waals surface area (Å²) < 4.78 is 19.0. The number of halogens is 1. The summed E-state index contributed by atoms with van der Waals surface area (Å²) in [5.41, 5.74) is 3.04. The summed E-state index contributed by atoms with van der Waals surface area (Å²) in [5.74, 6) is 0.991. The van der Waals surface area contributed by atoms with Gasteiger partial charge in [-0.2, -0.15) is 0 Å². The second kappa shape index (κ2) is 12.0. The van der Waals surface area contributed by atoms with Crippen LogP contribution < -0.4 is 4.74 Å². The molecule has 0 radical (unpaired) electrons. The Morgan fingerprint density at radius 2 is 1.64 bits per heavy atom. The van der Waals surface area contributed by atoms with Gasteiger partial charge in [0.05, 0.1) is 19.2 Å². The van der Waals surface area contributed by atoms with E-state index >= 15 is 0 Å². The molecule has 4 nitrogen and oxygen atoms in total. The third-order valence-corrected chi connectivity index (χ3v) is 6.60. The van der Waals surface area contributed by atoms with Crippen LogP contribution in [-0.4, -0.2) is 41.9 Å². The number of amides is 1. The van der Waals surface area contributed by atoms with Crippen molar-refractivity contribution in [1.29, 1.82) is 0 Å². The SMILES string of the molecule is COc1ccc(C2/C=C\CN(CC(C)C)C(Cc3ccccc3)C(=O)N2Cc2ccc(F)cc2)cc1. The van der Waals surface area contributed by atoms with Crippen LogP contribution in [0.5, 0.6) is 5.75 Å². The third-order valence-electron chi connectivity index (χ3n) is 6.60. The molecule has 1 heterocycles. The first-order chi connectivity index (χ1) is 17.4. The number of benzene rings is 3. The van der Waals surface area contributed by atoms with Crippen LogP contribution in [0, 0.1) is 11.7 Å². The molecule has 0 aromatic heterocycles. The largest absolute Gasteiger partial charge is 0.497 e. The van der Waals surface area contributed by atoms with Gasteiger partial charge in [0.15, 0.2) is 0 Å². The fourth-order valence-corrected chi connectivity index (χ4v) is 4.82. The van der Waals surface area contributed by atoms with E-state index in [0.29, 0.717) is 25.4 Å². The average Bonchev–Trinajstić information content (AvgIpc) is 2.89. The molecule has 0 aliphatic carbocycles. The number of rotatable bonds is 8. The Morgan fingerprint density at radius 3 is 2.28 bits per heavy atom. The minimum atomic E-state index is -0.305. The van der Waals surface area contributed by atoms with Gasteiger partial charge < -0.3 is 9.64 Å². The highest BCUT2D eigenvalue weighted by atomic mass is 19.1. The molecule has 188 valence electrons. The highest BCUT2D eigenvalue weighted by Gasteiger charge is 2.35. The van der Waals surface area contributed by atoms with Crippen LogP contribution in [-0.2, 0) is 17.8 Å². The van der Waals surface area contributed by atoms with Gasteiger partial charge in [-0.05, 0) is 53.3 Å². The van der Waals surface area contributed by atoms with Crippen LogP contribution in [0.4, 0.5) is 4.39 Å². The van der Waals surface area contributed by atoms with Gasteiger partial charge in [-0.1, -0.05) is 80.6 Å². The minimum Gasteiger partial charge on any atom is -0.497 e. The third kappa shape index (κ3) is 6.41. The Balaban J connectivity index is 1.76. The van der Waals surface area contributed by atoms with Crippen molar-refractivity contribution in [2.75, 3.05) is 20.2 Å². The smallest absolute Gasteiger partial charge is 0.241 e. The van der Waals surface area contributed by atoms with Crippen molar-refractivity contribution < 1.29 is 13.9 Å². The lowest BCUT2D eigenvalue weighted by atomic mass is 9.96. The molecule has 2 unspecified atom stereocenters. The molecule has 0 bridgehead atoms. The van der Waals surface area contributed by atoms with E-state index in [1.165, 1.54) is 12.1 Å². The Kier molecular flexibility index (Phi) is 8.55. The Morgan fingerprint density at radius 1 is 0.944 bits per heavy atom. The van der Waals surface area contributed by atoms with Gasteiger partial charge in [0.1, 0.15) is 11.6 Å². The molecule has 2 atom stereocenters. The first kappa shape index (κ1) is 25.6. The summed E-state index contributed by atoms with van der Waals surface area (Å²) in [5, 5.41) is 0. The van der Waals surface area contributed by atoms with Crippen LogP contribution in [0.1, 0.15) is 36.6 Å². The number of carbonyl (C=O) groups excluding carboxylic acids is 1. The minimum absolute atomic E-state index is 0.0778. The number of carbonyl (C=O) groups is 1. The quantitative estimate of drug-likeness (QED) is 0.364. The van der Waals surface area contributed by atoms with Crippen molar-refractivity contribution in [1.82, 2.24) is 9.80 Å². The molecule has 1 aliphatic rings. The summed E-state index contributed by atoms with van der Waals surface area (Å²) in [6.45, 7) is 6.29. The Labute approximate surface area is 214 Å². The molecule has 0 saturated heterocycles. The van der Waals surface area contributed by atoms with Crippen LogP contribution in [0.2, 0.25) is 0 Å². The second-order valence-corrected chi connectivity index (χ2v) is 9.79. The number of nitrogens with zero attached hydrogens (tertiary/aromatic N) is 2. The van der Waals surface area contributed by atoms with Crippen LogP contribution in [0.25, 0.3) is 0 Å². The number of hydrogen-bond donors (Lipinski definition) is 0. The standard InChI is InChI=1S/C31H35FN2O2/c1-23(2)21-33-19-7-10-29(26-13-17-28(36-3)18-14-26)34(22-25-11-15-27(32)16-12-25)31(35)30(33)20-24-8-5-4-6-9-24/h4-18,23,29-30H,19-22H2,1-3H3/b10-7-. The summed E-state index contributed by atoms with van der Waals surface area (Å²) >= 11 is 0. The number of hydrogen-bond acceptors (Lipinski definition) is 3. The van der Waals surface area contributed by atoms with Gasteiger partial charge in [-0.3, -0.25) is 9.69 Å². The summed E-state index contributed by atoms with van der Waals surface area (Å²) in [6.07, 6.45) is 4.93. The van der Waals surface area contributed by atoms with Crippen molar-refractivity contribution in [2.24, 2.45) is 5.92 Å². The lowest BCUT2D eigenvalue weighted by Gasteiger charge is -2.40. The fraction of sp³-hybridized carbons (Fsp3) is 0.323. The Bertz CT molecular complexity index is 1140. The molecule has 3 aromatic rings. The van der Waals surface area contributed by atoms with E-state index in [9.17, 15) is 9.18 Å². The first-order valence-electron chi connectivity index (χ1n) is 12.6. The second-order valence-electron chi connectivity index (χ2n) is 9.79. The monoisotopic (exact) mass is 486 g/mol. The van der Waals surface area contributed by atoms with E-state index < -0.39 is 0 Å². The van der Waals surface area contributed by atoms with Gasteiger partial charge in [-0.25, -0.2) is 4.39 Å². The molecule has 4 rings (SSSR count). The van der Waals surface area contributed by atoms with Gasteiger partial charge in [0.2, 0.25) is 5.91 Å². The van der Waals surface area contributed by atoms with E-state index in [4.69, 9.17) is 4.74 Å². The molecule has 0 spiro atoms. The summed E-state index contributed by atoms with van der Waals surface area (Å²) in [6, 6.07) is 24.0.